The van der Waals surface area contributed by atoms with Crippen molar-refractivity contribution in [2.45, 2.75) is 12.5 Å². The monoisotopic (exact) mass is 226 g/mol. The number of halogens is 1. The topological polar surface area (TPSA) is 35.5 Å². The van der Waals surface area contributed by atoms with Gasteiger partial charge in [0.2, 0.25) is 0 Å². The number of likely N-dealkylation sites (N-methyl/N-ethyl adjacent to an activating group) is 1. The van der Waals surface area contributed by atoms with Crippen molar-refractivity contribution in [3.8, 4) is 0 Å². The van der Waals surface area contributed by atoms with Gasteiger partial charge in [-0.1, -0.05) is 6.07 Å². The first-order valence-corrected chi connectivity index (χ1v) is 5.42. The van der Waals surface area contributed by atoms with Crippen LogP contribution in [0.2, 0.25) is 0 Å². The molecule has 0 aliphatic heterocycles. The predicted molar refractivity (Wildman–Crippen MR) is 64.2 cm³/mol. The van der Waals surface area contributed by atoms with Gasteiger partial charge in [-0.3, -0.25) is 0 Å². The van der Waals surface area contributed by atoms with E-state index < -0.39 is 0 Å². The third kappa shape index (κ3) is 3.79. The molecule has 2 N–H and O–H groups in total. The summed E-state index contributed by atoms with van der Waals surface area (Å²) in [4.78, 5) is 1.98. The standard InChI is InChI=1S/C12H19FN2O/c1-14-11(9-16)6-7-15(2)12-5-3-4-10(13)8-12/h3-5,8,11,14,16H,6-7,9H2,1-2H3. The average Bonchev–Trinajstić information content (AvgIpc) is 2.30. The number of rotatable bonds is 6. The lowest BCUT2D eigenvalue weighted by molar-refractivity contribution is 0.243. The van der Waals surface area contributed by atoms with E-state index in [0.29, 0.717) is 0 Å². The van der Waals surface area contributed by atoms with Crippen LogP contribution in [0.15, 0.2) is 24.3 Å². The maximum Gasteiger partial charge on any atom is 0.125 e. The van der Waals surface area contributed by atoms with Crippen molar-refractivity contribution < 1.29 is 9.50 Å². The Morgan fingerprint density at radius 2 is 2.25 bits per heavy atom. The largest absolute Gasteiger partial charge is 0.395 e. The Balaban J connectivity index is 2.49. The molecule has 0 fully saturated rings. The quantitative estimate of drug-likeness (QED) is 0.766. The van der Waals surface area contributed by atoms with Gasteiger partial charge >= 0.3 is 0 Å². The van der Waals surface area contributed by atoms with Gasteiger partial charge < -0.3 is 15.3 Å². The number of hydrogen-bond acceptors (Lipinski definition) is 3. The summed E-state index contributed by atoms with van der Waals surface area (Å²) in [5.41, 5.74) is 0.854. The Bertz CT molecular complexity index is 316. The van der Waals surface area contributed by atoms with Gasteiger partial charge in [-0.2, -0.15) is 0 Å². The Hall–Kier alpha value is -1.13. The molecule has 16 heavy (non-hydrogen) atoms. The Kier molecular flexibility index (Phi) is 5.22. The van der Waals surface area contributed by atoms with E-state index in [2.05, 4.69) is 5.32 Å². The predicted octanol–water partition coefficient (Wildman–Crippen LogP) is 1.23. The molecule has 0 saturated heterocycles. The Morgan fingerprint density at radius 3 is 2.81 bits per heavy atom. The van der Waals surface area contributed by atoms with Crippen LogP contribution in [-0.4, -0.2) is 38.4 Å². The first-order valence-electron chi connectivity index (χ1n) is 5.42. The molecule has 1 atom stereocenters. The molecule has 0 heterocycles. The fraction of sp³-hybridized carbons (Fsp3) is 0.500. The van der Waals surface area contributed by atoms with Crippen LogP contribution in [0.5, 0.6) is 0 Å². The molecule has 0 aliphatic carbocycles. The van der Waals surface area contributed by atoms with Crippen molar-refractivity contribution in [1.29, 1.82) is 0 Å². The van der Waals surface area contributed by atoms with Crippen molar-refractivity contribution in [1.82, 2.24) is 5.32 Å². The van der Waals surface area contributed by atoms with Gasteiger partial charge in [0.05, 0.1) is 6.61 Å². The molecule has 0 bridgehead atoms. The summed E-state index contributed by atoms with van der Waals surface area (Å²) in [7, 11) is 3.74. The van der Waals surface area contributed by atoms with Crippen LogP contribution < -0.4 is 10.2 Å². The van der Waals surface area contributed by atoms with Crippen LogP contribution in [0.4, 0.5) is 10.1 Å². The second kappa shape index (κ2) is 6.45. The van der Waals surface area contributed by atoms with E-state index in [1.54, 1.807) is 6.07 Å². The minimum absolute atomic E-state index is 0.0935. The summed E-state index contributed by atoms with van der Waals surface area (Å²) in [5, 5.41) is 12.0. The van der Waals surface area contributed by atoms with E-state index in [-0.39, 0.29) is 18.5 Å². The highest BCUT2D eigenvalue weighted by Gasteiger charge is 2.07. The number of aliphatic hydroxyl groups excluding tert-OH is 1. The zero-order chi connectivity index (χ0) is 12.0. The van der Waals surface area contributed by atoms with Crippen LogP contribution in [0.3, 0.4) is 0 Å². The molecule has 0 spiro atoms. The zero-order valence-corrected chi connectivity index (χ0v) is 9.78. The first kappa shape index (κ1) is 12.9. The molecule has 3 nitrogen and oxygen atoms in total. The summed E-state index contributed by atoms with van der Waals surface area (Å²) in [6.45, 7) is 0.892. The van der Waals surface area contributed by atoms with E-state index in [9.17, 15) is 4.39 Å². The molecule has 4 heteroatoms. The van der Waals surface area contributed by atoms with Crippen LogP contribution >= 0.6 is 0 Å². The molecular weight excluding hydrogens is 207 g/mol. The fourth-order valence-corrected chi connectivity index (χ4v) is 1.52. The molecule has 0 saturated carbocycles. The van der Waals surface area contributed by atoms with E-state index in [1.165, 1.54) is 12.1 Å². The lowest BCUT2D eigenvalue weighted by atomic mass is 10.2. The van der Waals surface area contributed by atoms with Crippen molar-refractivity contribution in [3.05, 3.63) is 30.1 Å². The van der Waals surface area contributed by atoms with E-state index >= 15 is 0 Å². The van der Waals surface area contributed by atoms with Gasteiger partial charge in [-0.15, -0.1) is 0 Å². The molecule has 1 unspecified atom stereocenters. The van der Waals surface area contributed by atoms with Crippen LogP contribution in [0, 0.1) is 5.82 Å². The molecule has 1 aromatic rings. The highest BCUT2D eigenvalue weighted by Crippen LogP contribution is 2.14. The van der Waals surface area contributed by atoms with Crippen molar-refractivity contribution in [3.63, 3.8) is 0 Å². The number of hydrogen-bond donors (Lipinski definition) is 2. The summed E-state index contributed by atoms with van der Waals surface area (Å²) >= 11 is 0. The second-order valence-corrected chi connectivity index (χ2v) is 3.86. The van der Waals surface area contributed by atoms with Crippen LogP contribution in [0.1, 0.15) is 6.42 Å². The molecule has 0 aromatic heterocycles. The molecule has 0 aliphatic rings. The highest BCUT2D eigenvalue weighted by atomic mass is 19.1. The molecule has 90 valence electrons. The Morgan fingerprint density at radius 1 is 1.50 bits per heavy atom. The van der Waals surface area contributed by atoms with E-state index in [1.807, 2.05) is 25.1 Å². The van der Waals surface area contributed by atoms with E-state index in [0.717, 1.165) is 18.7 Å². The van der Waals surface area contributed by atoms with Gasteiger partial charge in [-0.25, -0.2) is 4.39 Å². The maximum atomic E-state index is 13.0. The van der Waals surface area contributed by atoms with Crippen molar-refractivity contribution >= 4 is 5.69 Å². The molecular formula is C12H19FN2O. The summed E-state index contributed by atoms with van der Waals surface area (Å²) < 4.78 is 13.0. The number of aliphatic hydroxyl groups is 1. The third-order valence-corrected chi connectivity index (χ3v) is 2.69. The Labute approximate surface area is 95.9 Å². The summed E-state index contributed by atoms with van der Waals surface area (Å²) in [6, 6.07) is 6.60. The lowest BCUT2D eigenvalue weighted by Crippen LogP contribution is -2.33. The van der Waals surface area contributed by atoms with Crippen molar-refractivity contribution in [2.24, 2.45) is 0 Å². The van der Waals surface area contributed by atoms with Gasteiger partial charge in [-0.05, 0) is 31.7 Å². The van der Waals surface area contributed by atoms with Gasteiger partial charge in [0, 0.05) is 25.3 Å². The third-order valence-electron chi connectivity index (χ3n) is 2.69. The minimum atomic E-state index is -0.225. The van der Waals surface area contributed by atoms with E-state index in [4.69, 9.17) is 5.11 Å². The van der Waals surface area contributed by atoms with Gasteiger partial charge in [0.25, 0.3) is 0 Å². The molecule has 1 rings (SSSR count). The van der Waals surface area contributed by atoms with Crippen molar-refractivity contribution in [2.75, 3.05) is 32.1 Å². The van der Waals surface area contributed by atoms with Gasteiger partial charge in [0.15, 0.2) is 0 Å². The number of nitrogens with zero attached hydrogens (tertiary/aromatic N) is 1. The summed E-state index contributed by atoms with van der Waals surface area (Å²) in [6.07, 6.45) is 0.819. The number of anilines is 1. The molecule has 0 amide bonds. The molecule has 1 aromatic carbocycles. The fourth-order valence-electron chi connectivity index (χ4n) is 1.52. The van der Waals surface area contributed by atoms with Crippen LogP contribution in [0.25, 0.3) is 0 Å². The molecule has 0 radical (unpaired) electrons. The normalized spacial score (nSPS) is 12.5. The highest BCUT2D eigenvalue weighted by molar-refractivity contribution is 5.45. The van der Waals surface area contributed by atoms with Crippen LogP contribution in [-0.2, 0) is 0 Å². The first-order chi connectivity index (χ1) is 7.67. The maximum absolute atomic E-state index is 13.0. The second-order valence-electron chi connectivity index (χ2n) is 3.86. The number of nitrogens with one attached hydrogen (secondary N) is 1. The number of benzene rings is 1. The smallest absolute Gasteiger partial charge is 0.125 e. The SMILES string of the molecule is CNC(CO)CCN(C)c1cccc(F)c1. The zero-order valence-electron chi connectivity index (χ0n) is 9.78. The summed E-state index contributed by atoms with van der Waals surface area (Å²) in [5.74, 6) is -0.225. The lowest BCUT2D eigenvalue weighted by Gasteiger charge is -2.22. The van der Waals surface area contributed by atoms with Gasteiger partial charge in [0.1, 0.15) is 5.82 Å². The average molecular weight is 226 g/mol. The minimum Gasteiger partial charge on any atom is -0.395 e.